The first-order valence-corrected chi connectivity index (χ1v) is 27.6. The van der Waals surface area contributed by atoms with Gasteiger partial charge >= 0.3 is 22.4 Å². The molecule has 0 aromatic heterocycles. The molecule has 1 unspecified atom stereocenters. The van der Waals surface area contributed by atoms with Gasteiger partial charge in [0, 0.05) is 12.2 Å². The van der Waals surface area contributed by atoms with Crippen LogP contribution >= 0.6 is 24.4 Å². The van der Waals surface area contributed by atoms with Gasteiger partial charge in [-0.3, -0.25) is 0 Å². The second-order valence-electron chi connectivity index (χ2n) is 15.3. The lowest BCUT2D eigenvalue weighted by atomic mass is 9.81. The van der Waals surface area contributed by atoms with Crippen molar-refractivity contribution in [2.24, 2.45) is 0 Å². The highest BCUT2D eigenvalue weighted by Gasteiger charge is 2.62. The van der Waals surface area contributed by atoms with Crippen LogP contribution in [-0.4, -0.2) is 94.5 Å². The molecule has 0 saturated carbocycles. The normalized spacial score (nSPS) is 26.0. The van der Waals surface area contributed by atoms with Crippen LogP contribution < -0.4 is 5.23 Å². The molecule has 2 saturated heterocycles. The second kappa shape index (κ2) is 15.2. The molecule has 2 aliphatic rings. The summed E-state index contributed by atoms with van der Waals surface area (Å²) in [5, 5.41) is 3.54. The Bertz CT molecular complexity index is 902. The number of hydrogen-bond acceptors (Lipinski definition) is 9. The predicted octanol–water partition coefficient (Wildman–Crippen LogP) is 6.62. The molecule has 42 heavy (non-hydrogen) atoms. The van der Waals surface area contributed by atoms with Crippen molar-refractivity contribution < 1.29 is 31.9 Å². The van der Waals surface area contributed by atoms with Gasteiger partial charge in [0.05, 0.1) is 41.2 Å². The minimum Gasteiger partial charge on any atom is -0.476 e. The molecule has 0 aliphatic carbocycles. The van der Waals surface area contributed by atoms with Crippen LogP contribution in [0.5, 0.6) is 0 Å². The van der Waals surface area contributed by atoms with Gasteiger partial charge in [0.25, 0.3) is 7.41 Å². The fourth-order valence-corrected chi connectivity index (χ4v) is 18.2. The van der Waals surface area contributed by atoms with E-state index in [0.717, 1.165) is 0 Å². The summed E-state index contributed by atoms with van der Waals surface area (Å²) in [6.07, 6.45) is -0.247. The predicted molar refractivity (Wildman–Crippen MR) is 190 cm³/mol. The summed E-state index contributed by atoms with van der Waals surface area (Å²) in [5.41, 5.74) is 0.818. The van der Waals surface area contributed by atoms with E-state index in [-0.39, 0.29) is 33.5 Å². The number of thiocarbonyl (C=S) groups is 2. The van der Waals surface area contributed by atoms with Gasteiger partial charge in [-0.25, -0.2) is 0 Å². The Balaban J connectivity index is 2.46. The minimum atomic E-state index is -2.90. The molecule has 2 heterocycles. The summed E-state index contributed by atoms with van der Waals surface area (Å²) in [7, 11) is -6.77. The zero-order valence-electron chi connectivity index (χ0n) is 28.5. The van der Waals surface area contributed by atoms with Crippen molar-refractivity contribution in [3.63, 3.8) is 0 Å². The summed E-state index contributed by atoms with van der Waals surface area (Å²) in [4.78, 5) is 0. The zero-order chi connectivity index (χ0) is 32.3. The Morgan fingerprint density at radius 2 is 1.33 bits per heavy atom. The SMILES string of the molecule is CC(C)[Si]1(C(C)C)OC[C@@H]2O[C@@H]([B]NC(=S)OC[Si](C)(C)C)C(OC(=S)OC[Si](C)(C)C)[C@H]2O[Si](C(C)C)(C(C)C)O1. The van der Waals surface area contributed by atoms with E-state index < -0.39 is 51.5 Å². The molecule has 1 radical (unpaired) electrons. The quantitative estimate of drug-likeness (QED) is 0.189. The highest BCUT2D eigenvalue weighted by Crippen LogP contribution is 2.47. The van der Waals surface area contributed by atoms with E-state index >= 15 is 0 Å². The fraction of sp³-hybridized carbons (Fsp3) is 0.926. The van der Waals surface area contributed by atoms with E-state index in [0.29, 0.717) is 24.2 Å². The Morgan fingerprint density at radius 1 is 0.833 bits per heavy atom. The maximum Gasteiger partial charge on any atom is 0.352 e. The summed E-state index contributed by atoms with van der Waals surface area (Å²) in [6.45, 7) is 31.4. The van der Waals surface area contributed by atoms with E-state index in [2.05, 4.69) is 99.9 Å². The zero-order valence-corrected chi connectivity index (χ0v) is 34.1. The van der Waals surface area contributed by atoms with Crippen LogP contribution in [0.25, 0.3) is 0 Å². The average molecular weight is 695 g/mol. The smallest absolute Gasteiger partial charge is 0.352 e. The summed E-state index contributed by atoms with van der Waals surface area (Å²) < 4.78 is 46.4. The molecular weight excluding hydrogens is 638 g/mol. The van der Waals surface area contributed by atoms with Crippen molar-refractivity contribution in [1.82, 2.24) is 5.23 Å². The van der Waals surface area contributed by atoms with Crippen molar-refractivity contribution in [1.29, 1.82) is 0 Å². The summed E-state index contributed by atoms with van der Waals surface area (Å²) >= 11 is 11.1. The van der Waals surface area contributed by atoms with Crippen molar-refractivity contribution in [3.05, 3.63) is 0 Å². The molecule has 0 amide bonds. The van der Waals surface area contributed by atoms with Crippen LogP contribution in [0.4, 0.5) is 0 Å². The third kappa shape index (κ3) is 10.1. The van der Waals surface area contributed by atoms with Crippen LogP contribution in [-0.2, 0) is 31.9 Å². The molecule has 1 N–H and O–H groups in total. The lowest BCUT2D eigenvalue weighted by Gasteiger charge is -2.51. The molecule has 243 valence electrons. The van der Waals surface area contributed by atoms with E-state index in [1.165, 1.54) is 0 Å². The second-order valence-corrected chi connectivity index (χ2v) is 35.7. The van der Waals surface area contributed by atoms with Crippen LogP contribution in [0.1, 0.15) is 55.4 Å². The molecule has 2 fully saturated rings. The van der Waals surface area contributed by atoms with Gasteiger partial charge in [-0.15, -0.1) is 0 Å². The first kappa shape index (κ1) is 38.3. The monoisotopic (exact) mass is 694 g/mol. The number of fused-ring (bicyclic) bond motifs is 1. The Morgan fingerprint density at radius 3 is 1.81 bits per heavy atom. The number of ether oxygens (including phenoxy) is 4. The molecule has 0 bridgehead atoms. The van der Waals surface area contributed by atoms with Gasteiger partial charge < -0.3 is 37.1 Å². The fourth-order valence-electron chi connectivity index (χ4n) is 5.33. The average Bonchev–Trinajstić information content (AvgIpc) is 3.13. The number of nitrogens with one attached hydrogen (secondary N) is 1. The lowest BCUT2D eigenvalue weighted by molar-refractivity contribution is -0.0325. The Labute approximate surface area is 271 Å². The Kier molecular flexibility index (Phi) is 13.8. The molecule has 15 heteroatoms. The van der Waals surface area contributed by atoms with E-state index in [1.54, 1.807) is 7.41 Å². The minimum absolute atomic E-state index is 0.101. The van der Waals surface area contributed by atoms with Gasteiger partial charge in [-0.1, -0.05) is 94.7 Å². The van der Waals surface area contributed by atoms with Crippen LogP contribution in [0.15, 0.2) is 0 Å². The van der Waals surface area contributed by atoms with Crippen molar-refractivity contribution in [2.75, 3.05) is 19.1 Å². The van der Waals surface area contributed by atoms with Gasteiger partial charge in [0.1, 0.15) is 12.2 Å². The molecule has 2 aliphatic heterocycles. The van der Waals surface area contributed by atoms with Gasteiger partial charge in [-0.05, 0) is 34.4 Å². The topological polar surface area (TPSA) is 76.6 Å². The maximum atomic E-state index is 7.36. The molecule has 0 spiro atoms. The third-order valence-corrected chi connectivity index (χ3v) is 20.3. The van der Waals surface area contributed by atoms with E-state index in [4.69, 9.17) is 56.4 Å². The van der Waals surface area contributed by atoms with E-state index in [1.807, 2.05) is 0 Å². The standard InChI is InChI=1S/C27H57BNO7S2Si4/c1-18(2)41(19(3)4)32-15-22-23(35-42(36-41,20(5)6)21(7)8)24(34-27(38)31-17-40(12,13)14)25(33-22)28-29-26(37)30-16-39(9,10)11/h18-25H,15-17H2,1-14H3,(H,29,37)/t22-,23-,24?,25+/m0/s1. The summed E-state index contributed by atoms with van der Waals surface area (Å²) in [5.74, 6) is 0. The molecule has 2 rings (SSSR count). The molecule has 8 nitrogen and oxygen atoms in total. The van der Waals surface area contributed by atoms with Crippen LogP contribution in [0.2, 0.25) is 61.4 Å². The largest absolute Gasteiger partial charge is 0.476 e. The van der Waals surface area contributed by atoms with Crippen molar-refractivity contribution >= 4 is 75.5 Å². The van der Waals surface area contributed by atoms with Gasteiger partial charge in [-0.2, -0.15) is 0 Å². The molecule has 0 aromatic rings. The van der Waals surface area contributed by atoms with Crippen molar-refractivity contribution in [3.8, 4) is 0 Å². The first-order chi connectivity index (χ1) is 19.1. The summed E-state index contributed by atoms with van der Waals surface area (Å²) in [6, 6.07) is -0.538. The lowest BCUT2D eigenvalue weighted by Crippen LogP contribution is -2.66. The molecule has 0 aromatic carbocycles. The number of rotatable bonds is 11. The highest BCUT2D eigenvalue weighted by molar-refractivity contribution is 7.80. The third-order valence-electron chi connectivity index (χ3n) is 7.53. The van der Waals surface area contributed by atoms with Gasteiger partial charge in [0.2, 0.25) is 5.17 Å². The van der Waals surface area contributed by atoms with Crippen LogP contribution in [0.3, 0.4) is 0 Å². The highest BCUT2D eigenvalue weighted by atomic mass is 32.1. The van der Waals surface area contributed by atoms with Gasteiger partial charge in [0.15, 0.2) is 6.10 Å². The Hall–Kier alpha value is 0.152. The number of hydrogen-bond donors (Lipinski definition) is 1. The van der Waals surface area contributed by atoms with Crippen LogP contribution in [0, 0.1) is 0 Å². The first-order valence-electron chi connectivity index (χ1n) is 15.4. The van der Waals surface area contributed by atoms with E-state index in [9.17, 15) is 0 Å². The van der Waals surface area contributed by atoms with Crippen molar-refractivity contribution in [2.45, 2.75) is 141 Å². The maximum absolute atomic E-state index is 7.36. The molecular formula is C27H57BNO7S2Si4. The molecule has 4 atom stereocenters.